The van der Waals surface area contributed by atoms with Gasteiger partial charge in [-0.2, -0.15) is 0 Å². The van der Waals surface area contributed by atoms with Crippen LogP contribution in [0.1, 0.15) is 5.56 Å². The second kappa shape index (κ2) is 5.46. The second-order valence-electron chi connectivity index (χ2n) is 4.76. The van der Waals surface area contributed by atoms with Crippen molar-refractivity contribution in [1.29, 1.82) is 0 Å². The van der Waals surface area contributed by atoms with Crippen molar-refractivity contribution in [2.75, 3.05) is 11.6 Å². The summed E-state index contributed by atoms with van der Waals surface area (Å²) >= 11 is 1.61. The molecule has 1 N–H and O–H groups in total. The quantitative estimate of drug-likeness (QED) is 0.802. The third kappa shape index (κ3) is 3.22. The van der Waals surface area contributed by atoms with Crippen molar-refractivity contribution in [1.82, 2.24) is 4.98 Å². The van der Waals surface area contributed by atoms with Gasteiger partial charge in [0.25, 0.3) is 0 Å². The number of nitrogens with one attached hydrogen (secondary N) is 1. The van der Waals surface area contributed by atoms with Crippen molar-refractivity contribution in [2.45, 2.75) is 11.4 Å². The number of thiazole rings is 1. The Balaban J connectivity index is 1.72. The van der Waals surface area contributed by atoms with E-state index in [0.717, 1.165) is 20.9 Å². The minimum atomic E-state index is -3.13. The first-order valence-corrected chi connectivity index (χ1v) is 9.11. The molecule has 4 nitrogen and oxygen atoms in total. The molecule has 0 amide bonds. The van der Waals surface area contributed by atoms with Crippen LogP contribution < -0.4 is 5.32 Å². The first-order valence-electron chi connectivity index (χ1n) is 6.41. The topological polar surface area (TPSA) is 59.1 Å². The summed E-state index contributed by atoms with van der Waals surface area (Å²) in [5.41, 5.74) is 2.00. The van der Waals surface area contributed by atoms with E-state index in [2.05, 4.69) is 10.3 Å². The zero-order valence-electron chi connectivity index (χ0n) is 11.4. The van der Waals surface area contributed by atoms with Gasteiger partial charge in [-0.3, -0.25) is 0 Å². The van der Waals surface area contributed by atoms with Crippen molar-refractivity contribution >= 4 is 36.5 Å². The van der Waals surface area contributed by atoms with Gasteiger partial charge in [-0.15, -0.1) is 0 Å². The molecule has 1 aromatic heterocycles. The highest BCUT2D eigenvalue weighted by Gasteiger charge is 2.06. The summed E-state index contributed by atoms with van der Waals surface area (Å²) in [4.78, 5) is 4.84. The van der Waals surface area contributed by atoms with Crippen molar-refractivity contribution in [3.05, 3.63) is 54.1 Å². The Kier molecular flexibility index (Phi) is 3.65. The monoisotopic (exact) mass is 318 g/mol. The van der Waals surface area contributed by atoms with Gasteiger partial charge in [0.15, 0.2) is 15.0 Å². The molecule has 3 aromatic rings. The smallest absolute Gasteiger partial charge is 0.184 e. The number of hydrogen-bond acceptors (Lipinski definition) is 5. The summed E-state index contributed by atoms with van der Waals surface area (Å²) in [5, 5.41) is 4.13. The molecule has 1 heterocycles. The standard InChI is InChI=1S/C15H14N2O2S2/c1-21(18,19)12-8-6-11(7-9-12)10-16-15-17-13-4-2-3-5-14(13)20-15/h2-9H,10H2,1H3,(H,16,17). The van der Waals surface area contributed by atoms with E-state index in [-0.39, 0.29) is 0 Å². The molecule has 108 valence electrons. The SMILES string of the molecule is CS(=O)(=O)c1ccc(CNc2nc3ccccc3s2)cc1. The lowest BCUT2D eigenvalue weighted by Gasteiger charge is -2.04. The number of hydrogen-bond donors (Lipinski definition) is 1. The van der Waals surface area contributed by atoms with Gasteiger partial charge >= 0.3 is 0 Å². The Morgan fingerprint density at radius 3 is 2.48 bits per heavy atom. The van der Waals surface area contributed by atoms with Crippen LogP contribution in [0.4, 0.5) is 5.13 Å². The lowest BCUT2D eigenvalue weighted by molar-refractivity contribution is 0.602. The van der Waals surface area contributed by atoms with E-state index in [1.54, 1.807) is 23.5 Å². The van der Waals surface area contributed by atoms with Crippen LogP contribution in [0.25, 0.3) is 10.2 Å². The molecule has 6 heteroatoms. The fourth-order valence-corrected chi connectivity index (χ4v) is 3.47. The van der Waals surface area contributed by atoms with Crippen LogP contribution in [-0.2, 0) is 16.4 Å². The fraction of sp³-hybridized carbons (Fsp3) is 0.133. The van der Waals surface area contributed by atoms with E-state index >= 15 is 0 Å². The molecule has 0 aliphatic carbocycles. The number of para-hydroxylation sites is 1. The van der Waals surface area contributed by atoms with Gasteiger partial charge in [-0.05, 0) is 29.8 Å². The number of aromatic nitrogens is 1. The maximum Gasteiger partial charge on any atom is 0.184 e. The Morgan fingerprint density at radius 1 is 1.10 bits per heavy atom. The molecule has 0 radical (unpaired) electrons. The van der Waals surface area contributed by atoms with Crippen molar-refractivity contribution in [3.63, 3.8) is 0 Å². The average Bonchev–Trinajstić information content (AvgIpc) is 2.87. The van der Waals surface area contributed by atoms with Crippen LogP contribution in [0, 0.1) is 0 Å². The van der Waals surface area contributed by atoms with Crippen LogP contribution in [0.5, 0.6) is 0 Å². The molecule has 0 atom stereocenters. The molecule has 0 spiro atoms. The van der Waals surface area contributed by atoms with Crippen LogP contribution in [-0.4, -0.2) is 19.7 Å². The van der Waals surface area contributed by atoms with Gasteiger partial charge in [0.05, 0.1) is 15.1 Å². The molecule has 0 saturated heterocycles. The van der Waals surface area contributed by atoms with E-state index in [0.29, 0.717) is 11.4 Å². The van der Waals surface area contributed by atoms with Crippen LogP contribution in [0.3, 0.4) is 0 Å². The first kappa shape index (κ1) is 14.0. The lowest BCUT2D eigenvalue weighted by Crippen LogP contribution is -2.00. The Morgan fingerprint density at radius 2 is 1.81 bits per heavy atom. The first-order chi connectivity index (χ1) is 10.0. The van der Waals surface area contributed by atoms with Crippen LogP contribution in [0.15, 0.2) is 53.4 Å². The maximum absolute atomic E-state index is 11.4. The van der Waals surface area contributed by atoms with Gasteiger partial charge in [-0.25, -0.2) is 13.4 Å². The predicted octanol–water partition coefficient (Wildman–Crippen LogP) is 3.31. The average molecular weight is 318 g/mol. The van der Waals surface area contributed by atoms with Gasteiger partial charge in [0.2, 0.25) is 0 Å². The van der Waals surface area contributed by atoms with Crippen LogP contribution in [0.2, 0.25) is 0 Å². The molecule has 0 aliphatic rings. The van der Waals surface area contributed by atoms with Gasteiger partial charge in [-0.1, -0.05) is 35.6 Å². The molecule has 0 unspecified atom stereocenters. The maximum atomic E-state index is 11.4. The number of benzene rings is 2. The molecular weight excluding hydrogens is 304 g/mol. The molecule has 21 heavy (non-hydrogen) atoms. The Hall–Kier alpha value is -1.92. The Bertz CT molecular complexity index is 835. The Labute approximate surface area is 127 Å². The van der Waals surface area contributed by atoms with Crippen LogP contribution >= 0.6 is 11.3 Å². The zero-order valence-corrected chi connectivity index (χ0v) is 13.0. The number of rotatable bonds is 4. The predicted molar refractivity (Wildman–Crippen MR) is 86.5 cm³/mol. The number of anilines is 1. The summed E-state index contributed by atoms with van der Waals surface area (Å²) in [6.45, 7) is 0.615. The van der Waals surface area contributed by atoms with E-state index < -0.39 is 9.84 Å². The number of sulfone groups is 1. The van der Waals surface area contributed by atoms with Crippen molar-refractivity contribution < 1.29 is 8.42 Å². The number of fused-ring (bicyclic) bond motifs is 1. The minimum absolute atomic E-state index is 0.339. The van der Waals surface area contributed by atoms with Gasteiger partial charge in [0, 0.05) is 12.8 Å². The molecule has 0 aliphatic heterocycles. The summed E-state index contributed by atoms with van der Waals surface area (Å²) < 4.78 is 23.9. The molecule has 3 rings (SSSR count). The molecule has 0 saturated carbocycles. The molecular formula is C15H14N2O2S2. The van der Waals surface area contributed by atoms with E-state index in [9.17, 15) is 8.42 Å². The van der Waals surface area contributed by atoms with E-state index in [1.807, 2.05) is 36.4 Å². The summed E-state index contributed by atoms with van der Waals surface area (Å²) in [7, 11) is -3.13. The largest absolute Gasteiger partial charge is 0.357 e. The number of nitrogens with zero attached hydrogens (tertiary/aromatic N) is 1. The third-order valence-corrected chi connectivity index (χ3v) is 5.21. The van der Waals surface area contributed by atoms with Gasteiger partial charge in [0.1, 0.15) is 0 Å². The fourth-order valence-electron chi connectivity index (χ4n) is 1.98. The molecule has 2 aromatic carbocycles. The van der Waals surface area contributed by atoms with E-state index in [4.69, 9.17) is 0 Å². The van der Waals surface area contributed by atoms with Crippen molar-refractivity contribution in [3.8, 4) is 0 Å². The normalized spacial score (nSPS) is 11.7. The minimum Gasteiger partial charge on any atom is -0.357 e. The highest BCUT2D eigenvalue weighted by atomic mass is 32.2. The summed E-state index contributed by atoms with van der Waals surface area (Å²) in [6.07, 6.45) is 1.21. The lowest BCUT2D eigenvalue weighted by atomic mass is 10.2. The highest BCUT2D eigenvalue weighted by molar-refractivity contribution is 7.90. The molecule has 0 fully saturated rings. The zero-order chi connectivity index (χ0) is 14.9. The van der Waals surface area contributed by atoms with Gasteiger partial charge < -0.3 is 5.32 Å². The van der Waals surface area contributed by atoms with Crippen molar-refractivity contribution in [2.24, 2.45) is 0 Å². The second-order valence-corrected chi connectivity index (χ2v) is 7.80. The third-order valence-electron chi connectivity index (χ3n) is 3.09. The summed E-state index contributed by atoms with van der Waals surface area (Å²) in [6, 6.07) is 14.9. The molecule has 0 bridgehead atoms. The van der Waals surface area contributed by atoms with E-state index in [1.165, 1.54) is 6.26 Å². The highest BCUT2D eigenvalue weighted by Crippen LogP contribution is 2.25. The summed E-state index contributed by atoms with van der Waals surface area (Å²) in [5.74, 6) is 0.